The fourth-order valence-electron chi connectivity index (χ4n) is 1.46. The first-order chi connectivity index (χ1) is 9.33. The van der Waals surface area contributed by atoms with Crippen LogP contribution < -0.4 is 0 Å². The summed E-state index contributed by atoms with van der Waals surface area (Å²) in [6.45, 7) is 2.87. The molecule has 0 saturated carbocycles. The van der Waals surface area contributed by atoms with Crippen LogP contribution in [0.5, 0.6) is 0 Å². The molecule has 0 aromatic heterocycles. The van der Waals surface area contributed by atoms with Gasteiger partial charge in [0.1, 0.15) is 12.4 Å². The molecular weight excluding hydrogens is 261 g/mol. The van der Waals surface area contributed by atoms with Crippen LogP contribution in [0.2, 0.25) is 0 Å². The first-order valence-electron chi connectivity index (χ1n) is 6.12. The molecule has 1 amide bonds. The zero-order valence-electron chi connectivity index (χ0n) is 11.8. The van der Waals surface area contributed by atoms with Gasteiger partial charge in [0.05, 0.1) is 17.7 Å². The number of likely N-dealkylation sites (N-methyl/N-ethyl adjacent to an activating group) is 1. The normalized spacial score (nSPS) is 10.7. The number of carbonyl (C=O) groups excluding carboxylic acids is 1. The van der Waals surface area contributed by atoms with Gasteiger partial charge in [-0.15, -0.1) is 0 Å². The Morgan fingerprint density at radius 2 is 2.05 bits per heavy atom. The number of benzene rings is 1. The van der Waals surface area contributed by atoms with Gasteiger partial charge in [0.25, 0.3) is 5.91 Å². The first-order valence-corrected chi connectivity index (χ1v) is 6.12. The van der Waals surface area contributed by atoms with Crippen LogP contribution in [0.25, 0.3) is 0 Å². The number of halogens is 1. The molecule has 0 bridgehead atoms. The molecule has 0 heterocycles. The number of nitrogens with zero attached hydrogens (tertiary/aromatic N) is 1. The van der Waals surface area contributed by atoms with Gasteiger partial charge in [0, 0.05) is 12.6 Å². The molecule has 108 valence electrons. The molecule has 0 aliphatic rings. The first kappa shape index (κ1) is 16.2. The molecule has 0 saturated heterocycles. The molecule has 0 aliphatic carbocycles. The summed E-state index contributed by atoms with van der Waals surface area (Å²) < 4.78 is 13.8. The van der Waals surface area contributed by atoms with Gasteiger partial charge in [-0.05, 0) is 32.0 Å². The van der Waals surface area contributed by atoms with Crippen LogP contribution in [-0.2, 0) is 0 Å². The number of rotatable bonds is 3. The maximum Gasteiger partial charge on any atom is 0.254 e. The predicted octanol–water partition coefficient (Wildman–Crippen LogP) is 1.01. The molecule has 0 spiro atoms. The summed E-state index contributed by atoms with van der Waals surface area (Å²) in [7, 11) is 1.55. The summed E-state index contributed by atoms with van der Waals surface area (Å²) in [6.07, 6.45) is 0. The molecule has 0 radical (unpaired) electrons. The van der Waals surface area contributed by atoms with Crippen molar-refractivity contribution >= 4 is 5.91 Å². The van der Waals surface area contributed by atoms with Gasteiger partial charge < -0.3 is 15.1 Å². The van der Waals surface area contributed by atoms with Crippen molar-refractivity contribution < 1.29 is 19.4 Å². The van der Waals surface area contributed by atoms with Crippen molar-refractivity contribution in [2.24, 2.45) is 0 Å². The van der Waals surface area contributed by atoms with Gasteiger partial charge in [0.2, 0.25) is 0 Å². The Hall–Kier alpha value is -1.90. The van der Waals surface area contributed by atoms with E-state index in [0.717, 1.165) is 6.07 Å². The lowest BCUT2D eigenvalue weighted by Crippen LogP contribution is -2.47. The lowest BCUT2D eigenvalue weighted by Gasteiger charge is -2.34. The minimum Gasteiger partial charge on any atom is -0.394 e. The average molecular weight is 279 g/mol. The largest absolute Gasteiger partial charge is 0.394 e. The van der Waals surface area contributed by atoms with Gasteiger partial charge in [-0.2, -0.15) is 0 Å². The van der Waals surface area contributed by atoms with Crippen LogP contribution in [0.3, 0.4) is 0 Å². The lowest BCUT2D eigenvalue weighted by molar-refractivity contribution is 0.0473. The zero-order valence-corrected chi connectivity index (χ0v) is 11.8. The van der Waals surface area contributed by atoms with E-state index in [1.54, 1.807) is 20.9 Å². The van der Waals surface area contributed by atoms with E-state index in [1.165, 1.54) is 17.0 Å². The fraction of sp³-hybridized carbons (Fsp3) is 0.400. The van der Waals surface area contributed by atoms with Crippen molar-refractivity contribution in [2.45, 2.75) is 19.4 Å². The number of hydrogen-bond donors (Lipinski definition) is 2. The number of carbonyl (C=O) groups is 1. The van der Waals surface area contributed by atoms with E-state index in [2.05, 4.69) is 11.8 Å². The Labute approximate surface area is 117 Å². The predicted molar refractivity (Wildman–Crippen MR) is 73.6 cm³/mol. The highest BCUT2D eigenvalue weighted by Crippen LogP contribution is 2.17. The summed E-state index contributed by atoms with van der Waals surface area (Å²) in [4.78, 5) is 13.6. The molecule has 5 heteroatoms. The standard InChI is InChI=1S/C15H18FNO3/c1-15(2,10-19)17(3)14(20)12-7-6-11(5-4-8-18)13(16)9-12/h6-7,9,18-19H,8,10H2,1-3H3. The highest BCUT2D eigenvalue weighted by molar-refractivity contribution is 5.94. The zero-order chi connectivity index (χ0) is 15.3. The minimum absolute atomic E-state index is 0.125. The van der Waals surface area contributed by atoms with Crippen molar-refractivity contribution in [3.05, 3.63) is 35.1 Å². The van der Waals surface area contributed by atoms with Crippen LogP contribution >= 0.6 is 0 Å². The van der Waals surface area contributed by atoms with Gasteiger partial charge >= 0.3 is 0 Å². The topological polar surface area (TPSA) is 60.8 Å². The van der Waals surface area contributed by atoms with Crippen molar-refractivity contribution in [1.29, 1.82) is 0 Å². The quantitative estimate of drug-likeness (QED) is 0.812. The van der Waals surface area contributed by atoms with Crippen LogP contribution in [0.4, 0.5) is 4.39 Å². The van der Waals surface area contributed by atoms with Crippen molar-refractivity contribution in [3.8, 4) is 11.8 Å². The van der Waals surface area contributed by atoms with E-state index < -0.39 is 11.4 Å². The molecule has 1 aromatic carbocycles. The molecule has 0 atom stereocenters. The second-order valence-electron chi connectivity index (χ2n) is 4.99. The molecule has 1 aromatic rings. The van der Waals surface area contributed by atoms with Crippen LogP contribution in [0.15, 0.2) is 18.2 Å². The third kappa shape index (κ3) is 3.56. The number of aliphatic hydroxyl groups is 2. The van der Waals surface area contributed by atoms with E-state index >= 15 is 0 Å². The fourth-order valence-corrected chi connectivity index (χ4v) is 1.46. The molecule has 0 aliphatic heterocycles. The maximum absolute atomic E-state index is 13.8. The Balaban J connectivity index is 3.04. The minimum atomic E-state index is -0.733. The Morgan fingerprint density at radius 1 is 1.40 bits per heavy atom. The smallest absolute Gasteiger partial charge is 0.254 e. The van der Waals surface area contributed by atoms with Crippen LogP contribution in [-0.4, -0.2) is 46.8 Å². The Kier molecular flexibility index (Phi) is 5.26. The second kappa shape index (κ2) is 6.51. The monoisotopic (exact) mass is 279 g/mol. The highest BCUT2D eigenvalue weighted by Gasteiger charge is 2.27. The molecule has 0 fully saturated rings. The van der Waals surface area contributed by atoms with E-state index in [-0.39, 0.29) is 30.2 Å². The highest BCUT2D eigenvalue weighted by atomic mass is 19.1. The third-order valence-corrected chi connectivity index (χ3v) is 3.12. The molecular formula is C15H18FNO3. The molecule has 1 rings (SSSR count). The molecule has 4 nitrogen and oxygen atoms in total. The molecule has 20 heavy (non-hydrogen) atoms. The number of amides is 1. The van der Waals surface area contributed by atoms with E-state index in [9.17, 15) is 14.3 Å². The van der Waals surface area contributed by atoms with Gasteiger partial charge in [-0.3, -0.25) is 4.79 Å². The maximum atomic E-state index is 13.8. The van der Waals surface area contributed by atoms with Gasteiger partial charge in [0.15, 0.2) is 0 Å². The summed E-state index contributed by atoms with van der Waals surface area (Å²) in [5.74, 6) is 3.80. The number of aliphatic hydroxyl groups excluding tert-OH is 2. The molecule has 2 N–H and O–H groups in total. The number of hydrogen-bond acceptors (Lipinski definition) is 3. The summed E-state index contributed by atoms with van der Waals surface area (Å²) >= 11 is 0. The van der Waals surface area contributed by atoms with E-state index in [1.807, 2.05) is 0 Å². The SMILES string of the molecule is CN(C(=O)c1ccc(C#CCO)c(F)c1)C(C)(C)CO. The van der Waals surface area contributed by atoms with Crippen molar-refractivity contribution in [3.63, 3.8) is 0 Å². The summed E-state index contributed by atoms with van der Waals surface area (Å²) in [6, 6.07) is 3.97. The average Bonchev–Trinajstić information content (AvgIpc) is 2.44. The Morgan fingerprint density at radius 3 is 2.55 bits per heavy atom. The van der Waals surface area contributed by atoms with Crippen LogP contribution in [0.1, 0.15) is 29.8 Å². The van der Waals surface area contributed by atoms with Gasteiger partial charge in [-0.1, -0.05) is 11.8 Å². The Bertz CT molecular complexity index is 558. The van der Waals surface area contributed by atoms with Crippen LogP contribution in [0, 0.1) is 17.7 Å². The van der Waals surface area contributed by atoms with E-state index in [0.29, 0.717) is 0 Å². The molecule has 0 unspecified atom stereocenters. The lowest BCUT2D eigenvalue weighted by atomic mass is 10.0. The second-order valence-corrected chi connectivity index (χ2v) is 4.99. The van der Waals surface area contributed by atoms with Gasteiger partial charge in [-0.25, -0.2) is 4.39 Å². The van der Waals surface area contributed by atoms with Crippen molar-refractivity contribution in [2.75, 3.05) is 20.3 Å². The summed E-state index contributed by atoms with van der Waals surface area (Å²) in [5.41, 5.74) is -0.427. The van der Waals surface area contributed by atoms with Crippen molar-refractivity contribution in [1.82, 2.24) is 4.90 Å². The van der Waals surface area contributed by atoms with E-state index in [4.69, 9.17) is 5.11 Å². The summed E-state index contributed by atoms with van der Waals surface area (Å²) in [5, 5.41) is 17.8. The third-order valence-electron chi connectivity index (χ3n) is 3.12.